The van der Waals surface area contributed by atoms with Crippen LogP contribution in [-0.4, -0.2) is 21.4 Å². The van der Waals surface area contributed by atoms with Crippen molar-refractivity contribution in [1.29, 1.82) is 0 Å². The Hall–Kier alpha value is -1.45. The van der Waals surface area contributed by atoms with Crippen LogP contribution in [0.4, 0.5) is 0 Å². The molecule has 3 nitrogen and oxygen atoms in total. The first kappa shape index (κ1) is 16.4. The highest BCUT2D eigenvalue weighted by atomic mass is 35.5. The van der Waals surface area contributed by atoms with Crippen molar-refractivity contribution in [2.75, 3.05) is 6.54 Å². The molecule has 0 fully saturated rings. The summed E-state index contributed by atoms with van der Waals surface area (Å²) in [5.74, 6) is 0.937. The van der Waals surface area contributed by atoms with E-state index in [0.29, 0.717) is 0 Å². The molecular weight excluding hydrogens is 306 g/mol. The Labute approximate surface area is 143 Å². The summed E-state index contributed by atoms with van der Waals surface area (Å²) >= 11 is 6.37. The summed E-state index contributed by atoms with van der Waals surface area (Å²) in [6.07, 6.45) is 2.99. The highest BCUT2D eigenvalue weighted by molar-refractivity contribution is 6.31. The van der Waals surface area contributed by atoms with Gasteiger partial charge in [-0.15, -0.1) is 0 Å². The molecule has 0 atom stereocenters. The summed E-state index contributed by atoms with van der Waals surface area (Å²) in [6, 6.07) is 6.10. The topological polar surface area (TPSA) is 29.0 Å². The molecule has 1 aromatic heterocycles. The lowest BCUT2D eigenvalue weighted by atomic mass is 9.95. The van der Waals surface area contributed by atoms with E-state index in [4.69, 9.17) is 16.6 Å². The molecule has 0 spiro atoms. The average molecular weight is 330 g/mol. The van der Waals surface area contributed by atoms with E-state index in [1.165, 1.54) is 22.4 Å². The number of benzene rings is 1. The first-order valence-corrected chi connectivity index (χ1v) is 8.54. The van der Waals surface area contributed by atoms with Crippen molar-refractivity contribution < 1.29 is 0 Å². The van der Waals surface area contributed by atoms with Gasteiger partial charge in [-0.1, -0.05) is 44.5 Å². The monoisotopic (exact) mass is 329 g/mol. The fourth-order valence-electron chi connectivity index (χ4n) is 2.96. The summed E-state index contributed by atoms with van der Waals surface area (Å²) in [6.45, 7) is 11.4. The van der Waals surface area contributed by atoms with Gasteiger partial charge in [0.25, 0.3) is 0 Å². The van der Waals surface area contributed by atoms with Gasteiger partial charge in [0.2, 0.25) is 0 Å². The third-order valence-electron chi connectivity index (χ3n) is 4.42. The molecule has 0 bridgehead atoms. The molecule has 2 aromatic rings. The number of rotatable bonds is 2. The zero-order valence-electron chi connectivity index (χ0n) is 14.4. The maximum atomic E-state index is 6.37. The number of aromatic nitrogens is 2. The molecule has 1 aliphatic rings. The molecule has 0 aliphatic carbocycles. The van der Waals surface area contributed by atoms with E-state index in [1.54, 1.807) is 0 Å². The van der Waals surface area contributed by atoms with Crippen LogP contribution in [0.5, 0.6) is 0 Å². The van der Waals surface area contributed by atoms with Crippen LogP contribution in [0.1, 0.15) is 49.0 Å². The standard InChI is InChI=1S/C19H24ClN3/c1-13-6-5-7-16(20)15(13)12-23-9-8-17-14(11-23)10-21-18(22-17)19(2,3)4/h5-7,10H,8-9,11-12H2,1-4H3. The van der Waals surface area contributed by atoms with Gasteiger partial charge in [0.1, 0.15) is 5.82 Å². The van der Waals surface area contributed by atoms with Gasteiger partial charge < -0.3 is 0 Å². The molecule has 0 N–H and O–H groups in total. The second-order valence-electron chi connectivity index (χ2n) is 7.41. The van der Waals surface area contributed by atoms with Crippen molar-refractivity contribution >= 4 is 11.6 Å². The van der Waals surface area contributed by atoms with Crippen molar-refractivity contribution in [2.24, 2.45) is 0 Å². The molecule has 23 heavy (non-hydrogen) atoms. The third kappa shape index (κ3) is 3.56. The molecule has 1 aliphatic heterocycles. The second kappa shape index (κ2) is 6.21. The average Bonchev–Trinajstić information content (AvgIpc) is 2.49. The lowest BCUT2D eigenvalue weighted by Crippen LogP contribution is -2.32. The largest absolute Gasteiger partial charge is 0.294 e. The van der Waals surface area contributed by atoms with Crippen LogP contribution in [0.15, 0.2) is 24.4 Å². The van der Waals surface area contributed by atoms with Crippen LogP contribution in [0.3, 0.4) is 0 Å². The Bertz CT molecular complexity index is 699. The van der Waals surface area contributed by atoms with Crippen molar-refractivity contribution in [3.05, 3.63) is 57.6 Å². The first-order chi connectivity index (χ1) is 10.8. The number of hydrogen-bond acceptors (Lipinski definition) is 3. The SMILES string of the molecule is Cc1cccc(Cl)c1CN1CCc2nc(C(C)(C)C)ncc2C1. The summed E-state index contributed by atoms with van der Waals surface area (Å²) < 4.78 is 0. The van der Waals surface area contributed by atoms with Gasteiger partial charge in [-0.05, 0) is 24.1 Å². The summed E-state index contributed by atoms with van der Waals surface area (Å²) in [7, 11) is 0. The Morgan fingerprint density at radius 3 is 2.74 bits per heavy atom. The molecule has 0 unspecified atom stereocenters. The molecule has 0 saturated carbocycles. The van der Waals surface area contributed by atoms with Gasteiger partial charge in [0.05, 0.1) is 0 Å². The molecule has 0 saturated heterocycles. The Morgan fingerprint density at radius 2 is 2.04 bits per heavy atom. The van der Waals surface area contributed by atoms with E-state index >= 15 is 0 Å². The minimum Gasteiger partial charge on any atom is -0.294 e. The molecule has 1 aromatic carbocycles. The predicted molar refractivity (Wildman–Crippen MR) is 94.7 cm³/mol. The van der Waals surface area contributed by atoms with E-state index in [9.17, 15) is 0 Å². The summed E-state index contributed by atoms with van der Waals surface area (Å²) in [4.78, 5) is 11.8. The zero-order valence-corrected chi connectivity index (χ0v) is 15.1. The van der Waals surface area contributed by atoms with E-state index < -0.39 is 0 Å². The van der Waals surface area contributed by atoms with Crippen LogP contribution >= 0.6 is 11.6 Å². The smallest absolute Gasteiger partial charge is 0.133 e. The lowest BCUT2D eigenvalue weighted by Gasteiger charge is -2.29. The van der Waals surface area contributed by atoms with E-state index in [1.807, 2.05) is 18.3 Å². The molecule has 4 heteroatoms. The summed E-state index contributed by atoms with van der Waals surface area (Å²) in [5.41, 5.74) is 4.93. The number of nitrogens with zero attached hydrogens (tertiary/aromatic N) is 3. The van der Waals surface area contributed by atoms with Crippen molar-refractivity contribution in [1.82, 2.24) is 14.9 Å². The van der Waals surface area contributed by atoms with Crippen LogP contribution in [-0.2, 0) is 24.9 Å². The Morgan fingerprint density at radius 1 is 1.26 bits per heavy atom. The number of fused-ring (bicyclic) bond motifs is 1. The van der Waals surface area contributed by atoms with Crippen LogP contribution < -0.4 is 0 Å². The molecule has 0 radical (unpaired) electrons. The minimum absolute atomic E-state index is 0.000834. The van der Waals surface area contributed by atoms with E-state index in [0.717, 1.165) is 36.9 Å². The molecule has 0 amide bonds. The van der Waals surface area contributed by atoms with Gasteiger partial charge in [-0.3, -0.25) is 4.90 Å². The normalized spacial score (nSPS) is 15.5. The molecule has 122 valence electrons. The number of aryl methyl sites for hydroxylation is 1. The number of hydrogen-bond donors (Lipinski definition) is 0. The van der Waals surface area contributed by atoms with Crippen LogP contribution in [0.2, 0.25) is 5.02 Å². The molecular formula is C19H24ClN3. The Balaban J connectivity index is 1.79. The second-order valence-corrected chi connectivity index (χ2v) is 7.82. The van der Waals surface area contributed by atoms with Gasteiger partial charge >= 0.3 is 0 Å². The maximum Gasteiger partial charge on any atom is 0.133 e. The number of halogens is 1. The van der Waals surface area contributed by atoms with Gasteiger partial charge in [0, 0.05) is 53.9 Å². The first-order valence-electron chi connectivity index (χ1n) is 8.16. The fraction of sp³-hybridized carbons (Fsp3) is 0.474. The molecule has 3 rings (SSSR count). The zero-order chi connectivity index (χ0) is 16.6. The van der Waals surface area contributed by atoms with Gasteiger partial charge in [-0.2, -0.15) is 0 Å². The van der Waals surface area contributed by atoms with Gasteiger partial charge in [-0.25, -0.2) is 9.97 Å². The quantitative estimate of drug-likeness (QED) is 0.822. The van der Waals surface area contributed by atoms with E-state index in [2.05, 4.69) is 43.6 Å². The third-order valence-corrected chi connectivity index (χ3v) is 4.77. The van der Waals surface area contributed by atoms with Crippen molar-refractivity contribution in [2.45, 2.75) is 52.6 Å². The van der Waals surface area contributed by atoms with Crippen LogP contribution in [0, 0.1) is 6.92 Å². The van der Waals surface area contributed by atoms with E-state index in [-0.39, 0.29) is 5.41 Å². The van der Waals surface area contributed by atoms with Crippen molar-refractivity contribution in [3.8, 4) is 0 Å². The van der Waals surface area contributed by atoms with Crippen molar-refractivity contribution in [3.63, 3.8) is 0 Å². The minimum atomic E-state index is 0.000834. The molecule has 2 heterocycles. The van der Waals surface area contributed by atoms with Gasteiger partial charge in [0.15, 0.2) is 0 Å². The Kier molecular flexibility index (Phi) is 4.43. The fourth-order valence-corrected chi connectivity index (χ4v) is 3.24. The maximum absolute atomic E-state index is 6.37. The highest BCUT2D eigenvalue weighted by Gasteiger charge is 2.23. The highest BCUT2D eigenvalue weighted by Crippen LogP contribution is 2.26. The van der Waals surface area contributed by atoms with Crippen LogP contribution in [0.25, 0.3) is 0 Å². The predicted octanol–water partition coefficient (Wildman–Crippen LogP) is 4.29. The summed E-state index contributed by atoms with van der Waals surface area (Å²) in [5, 5.41) is 0.857. The lowest BCUT2D eigenvalue weighted by molar-refractivity contribution is 0.241.